The van der Waals surface area contributed by atoms with Gasteiger partial charge in [0.05, 0.1) is 0 Å². The van der Waals surface area contributed by atoms with Gasteiger partial charge < -0.3 is 5.73 Å². The summed E-state index contributed by atoms with van der Waals surface area (Å²) in [5.41, 5.74) is 10.5. The molecule has 0 radical (unpaired) electrons. The number of fused-ring (bicyclic) bond motifs is 1. The zero-order chi connectivity index (χ0) is 13.9. The van der Waals surface area contributed by atoms with E-state index in [4.69, 9.17) is 5.73 Å². The van der Waals surface area contributed by atoms with Gasteiger partial charge in [0.25, 0.3) is 0 Å². The van der Waals surface area contributed by atoms with Gasteiger partial charge in [-0.3, -0.25) is 0 Å². The Labute approximate surface area is 119 Å². The molecule has 0 aliphatic carbocycles. The number of aryl methyl sites for hydroxylation is 1. The normalized spacial score (nSPS) is 11.8. The first-order valence-electron chi connectivity index (χ1n) is 6.76. The standard InChI is InChI=1S/C19H17N/c1-14-11-12-15-7-5-6-10-17(15)18(14)13-19(20)16-8-3-2-4-9-16/h2-13H,20H2,1H3/b19-13-. The lowest BCUT2D eigenvalue weighted by Crippen LogP contribution is -1.96. The van der Waals surface area contributed by atoms with Gasteiger partial charge in [-0.25, -0.2) is 0 Å². The molecule has 0 heterocycles. The average Bonchev–Trinajstić information content (AvgIpc) is 2.51. The summed E-state index contributed by atoms with van der Waals surface area (Å²) in [7, 11) is 0. The molecule has 98 valence electrons. The van der Waals surface area contributed by atoms with Crippen LogP contribution in [0, 0.1) is 6.92 Å². The first kappa shape index (κ1) is 12.5. The number of hydrogen-bond donors (Lipinski definition) is 1. The van der Waals surface area contributed by atoms with E-state index >= 15 is 0 Å². The number of nitrogens with two attached hydrogens (primary N) is 1. The van der Waals surface area contributed by atoms with Crippen molar-refractivity contribution in [3.63, 3.8) is 0 Å². The molecule has 0 unspecified atom stereocenters. The molecule has 0 aliphatic heterocycles. The number of benzene rings is 3. The third kappa shape index (κ3) is 2.30. The summed E-state index contributed by atoms with van der Waals surface area (Å²) >= 11 is 0. The van der Waals surface area contributed by atoms with Crippen LogP contribution >= 0.6 is 0 Å². The van der Waals surface area contributed by atoms with Gasteiger partial charge in [-0.1, -0.05) is 66.7 Å². The molecule has 3 aromatic carbocycles. The molecule has 0 fully saturated rings. The highest BCUT2D eigenvalue weighted by Crippen LogP contribution is 2.25. The molecule has 20 heavy (non-hydrogen) atoms. The van der Waals surface area contributed by atoms with Crippen molar-refractivity contribution in [1.82, 2.24) is 0 Å². The van der Waals surface area contributed by atoms with Gasteiger partial charge in [0.1, 0.15) is 0 Å². The highest BCUT2D eigenvalue weighted by molar-refractivity contribution is 5.96. The zero-order valence-corrected chi connectivity index (χ0v) is 11.5. The van der Waals surface area contributed by atoms with E-state index < -0.39 is 0 Å². The zero-order valence-electron chi connectivity index (χ0n) is 11.5. The predicted molar refractivity (Wildman–Crippen MR) is 87.2 cm³/mol. The van der Waals surface area contributed by atoms with Crippen LogP contribution in [0.5, 0.6) is 0 Å². The fourth-order valence-electron chi connectivity index (χ4n) is 2.47. The Morgan fingerprint density at radius 3 is 2.35 bits per heavy atom. The molecule has 3 aromatic rings. The largest absolute Gasteiger partial charge is 0.398 e. The maximum atomic E-state index is 6.25. The Kier molecular flexibility index (Phi) is 3.26. The summed E-state index contributed by atoms with van der Waals surface area (Å²) in [6, 6.07) is 22.8. The van der Waals surface area contributed by atoms with E-state index in [1.807, 2.05) is 30.3 Å². The highest BCUT2D eigenvalue weighted by Gasteiger charge is 2.03. The Balaban J connectivity index is 2.17. The summed E-state index contributed by atoms with van der Waals surface area (Å²) in [6.45, 7) is 2.12. The van der Waals surface area contributed by atoms with Crippen LogP contribution in [0.2, 0.25) is 0 Å². The predicted octanol–water partition coefficient (Wildman–Crippen LogP) is 4.61. The van der Waals surface area contributed by atoms with Crippen LogP contribution in [-0.4, -0.2) is 0 Å². The fraction of sp³-hybridized carbons (Fsp3) is 0.0526. The molecule has 3 rings (SSSR count). The SMILES string of the molecule is Cc1ccc2ccccc2c1/C=C(\N)c1ccccc1. The van der Waals surface area contributed by atoms with Gasteiger partial charge >= 0.3 is 0 Å². The molecule has 1 heteroatoms. The van der Waals surface area contributed by atoms with Crippen molar-refractivity contribution in [2.24, 2.45) is 5.73 Å². The fourth-order valence-corrected chi connectivity index (χ4v) is 2.47. The van der Waals surface area contributed by atoms with Crippen molar-refractivity contribution >= 4 is 22.5 Å². The minimum atomic E-state index is 0.796. The van der Waals surface area contributed by atoms with Crippen LogP contribution in [0.15, 0.2) is 66.7 Å². The second kappa shape index (κ2) is 5.22. The molecule has 0 saturated heterocycles. The van der Waals surface area contributed by atoms with E-state index in [1.165, 1.54) is 21.9 Å². The summed E-state index contributed by atoms with van der Waals surface area (Å²) < 4.78 is 0. The topological polar surface area (TPSA) is 26.0 Å². The molecule has 1 nitrogen and oxygen atoms in total. The van der Waals surface area contributed by atoms with Gasteiger partial charge in [-0.2, -0.15) is 0 Å². The molecule has 0 saturated carbocycles. The molecule has 0 atom stereocenters. The smallest absolute Gasteiger partial charge is 0.0393 e. The van der Waals surface area contributed by atoms with Crippen LogP contribution in [0.25, 0.3) is 22.5 Å². The monoisotopic (exact) mass is 259 g/mol. The second-order valence-corrected chi connectivity index (χ2v) is 4.98. The van der Waals surface area contributed by atoms with Crippen molar-refractivity contribution in [2.45, 2.75) is 6.92 Å². The first-order valence-corrected chi connectivity index (χ1v) is 6.76. The molecule has 2 N–H and O–H groups in total. The van der Waals surface area contributed by atoms with E-state index in [2.05, 4.69) is 49.4 Å². The lowest BCUT2D eigenvalue weighted by Gasteiger charge is -2.08. The van der Waals surface area contributed by atoms with Crippen LogP contribution in [0.3, 0.4) is 0 Å². The molecule has 0 amide bonds. The van der Waals surface area contributed by atoms with Crippen molar-refractivity contribution in [3.8, 4) is 0 Å². The van der Waals surface area contributed by atoms with E-state index in [9.17, 15) is 0 Å². The maximum absolute atomic E-state index is 6.25. The summed E-state index contributed by atoms with van der Waals surface area (Å²) in [4.78, 5) is 0. The number of hydrogen-bond acceptors (Lipinski definition) is 1. The molecule has 0 aliphatic rings. The second-order valence-electron chi connectivity index (χ2n) is 4.98. The van der Waals surface area contributed by atoms with Crippen molar-refractivity contribution in [2.75, 3.05) is 0 Å². The van der Waals surface area contributed by atoms with E-state index in [1.54, 1.807) is 0 Å². The van der Waals surface area contributed by atoms with Gasteiger partial charge in [0.2, 0.25) is 0 Å². The van der Waals surface area contributed by atoms with E-state index in [-0.39, 0.29) is 0 Å². The molecule has 0 bridgehead atoms. The Hall–Kier alpha value is -2.54. The molecule has 0 spiro atoms. The molecular weight excluding hydrogens is 242 g/mol. The minimum Gasteiger partial charge on any atom is -0.398 e. The summed E-state index contributed by atoms with van der Waals surface area (Å²) in [6.07, 6.45) is 2.08. The molecule has 0 aromatic heterocycles. The summed E-state index contributed by atoms with van der Waals surface area (Å²) in [5.74, 6) is 0. The van der Waals surface area contributed by atoms with Gasteiger partial charge in [0, 0.05) is 5.70 Å². The van der Waals surface area contributed by atoms with Crippen LogP contribution in [0.4, 0.5) is 0 Å². The number of rotatable bonds is 2. The van der Waals surface area contributed by atoms with E-state index in [0.29, 0.717) is 0 Å². The van der Waals surface area contributed by atoms with Crippen LogP contribution in [0.1, 0.15) is 16.7 Å². The average molecular weight is 259 g/mol. The van der Waals surface area contributed by atoms with Crippen molar-refractivity contribution in [3.05, 3.63) is 83.4 Å². The van der Waals surface area contributed by atoms with Crippen LogP contribution in [-0.2, 0) is 0 Å². The van der Waals surface area contributed by atoms with Gasteiger partial charge in [-0.05, 0) is 40.5 Å². The summed E-state index contributed by atoms with van der Waals surface area (Å²) in [5, 5.41) is 2.48. The third-order valence-corrected chi connectivity index (χ3v) is 3.60. The lowest BCUT2D eigenvalue weighted by molar-refractivity contribution is 1.46. The Morgan fingerprint density at radius 2 is 1.55 bits per heavy atom. The molecular formula is C19H17N. The van der Waals surface area contributed by atoms with E-state index in [0.717, 1.165) is 11.3 Å². The minimum absolute atomic E-state index is 0.796. The van der Waals surface area contributed by atoms with Crippen LogP contribution < -0.4 is 5.73 Å². The van der Waals surface area contributed by atoms with Crippen molar-refractivity contribution in [1.29, 1.82) is 0 Å². The lowest BCUT2D eigenvalue weighted by atomic mass is 9.98. The first-order chi connectivity index (χ1) is 9.75. The highest BCUT2D eigenvalue weighted by atomic mass is 14.6. The maximum Gasteiger partial charge on any atom is 0.0393 e. The Bertz CT molecular complexity index is 770. The third-order valence-electron chi connectivity index (χ3n) is 3.60. The van der Waals surface area contributed by atoms with Gasteiger partial charge in [-0.15, -0.1) is 0 Å². The Morgan fingerprint density at radius 1 is 0.850 bits per heavy atom. The van der Waals surface area contributed by atoms with Crippen molar-refractivity contribution < 1.29 is 0 Å². The quantitative estimate of drug-likeness (QED) is 0.668. The van der Waals surface area contributed by atoms with Gasteiger partial charge in [0.15, 0.2) is 0 Å².